The summed E-state index contributed by atoms with van der Waals surface area (Å²) in [6, 6.07) is 4.07. The van der Waals surface area contributed by atoms with Crippen LogP contribution in [0.1, 0.15) is 39.2 Å². The van der Waals surface area contributed by atoms with Gasteiger partial charge in [-0.25, -0.2) is 0 Å². The van der Waals surface area contributed by atoms with Crippen LogP contribution in [-0.4, -0.2) is 6.04 Å². The lowest BCUT2D eigenvalue weighted by molar-refractivity contribution is -0.136. The maximum absolute atomic E-state index is 12.7. The highest BCUT2D eigenvalue weighted by Gasteiger charge is 2.33. The largest absolute Gasteiger partial charge is 0.418 e. The Balaban J connectivity index is 2.80. The van der Waals surface area contributed by atoms with Gasteiger partial charge in [0.2, 0.25) is 0 Å². The summed E-state index contributed by atoms with van der Waals surface area (Å²) in [6.07, 6.45) is -2.44. The molecule has 2 nitrogen and oxygen atoms in total. The Bertz CT molecular complexity index is 416. The maximum atomic E-state index is 12.7. The van der Waals surface area contributed by atoms with Gasteiger partial charge in [-0.15, -0.1) is 0 Å². The second-order valence-electron chi connectivity index (χ2n) is 5.09. The molecule has 108 valence electrons. The van der Waals surface area contributed by atoms with Gasteiger partial charge >= 0.3 is 6.18 Å². The molecule has 0 aliphatic rings. The highest BCUT2D eigenvalue weighted by atomic mass is 19.4. The molecule has 0 bridgehead atoms. The van der Waals surface area contributed by atoms with Gasteiger partial charge in [0.15, 0.2) is 0 Å². The number of nitrogens with one attached hydrogen (secondary N) is 1. The fraction of sp³-hybridized carbons (Fsp3) is 0.571. The Kier molecular flexibility index (Phi) is 5.09. The topological polar surface area (TPSA) is 38.0 Å². The van der Waals surface area contributed by atoms with Crippen LogP contribution in [0.5, 0.6) is 0 Å². The summed E-state index contributed by atoms with van der Waals surface area (Å²) < 4.78 is 38.2. The van der Waals surface area contributed by atoms with E-state index in [-0.39, 0.29) is 11.7 Å². The fourth-order valence-corrected chi connectivity index (χ4v) is 2.01. The van der Waals surface area contributed by atoms with E-state index in [9.17, 15) is 13.2 Å². The number of alkyl halides is 3. The molecule has 0 saturated heterocycles. The van der Waals surface area contributed by atoms with Gasteiger partial charge in [0.1, 0.15) is 0 Å². The number of nitrogen functional groups attached to an aromatic ring is 1. The first-order valence-electron chi connectivity index (χ1n) is 6.47. The lowest BCUT2D eigenvalue weighted by Gasteiger charge is -2.20. The first-order valence-corrected chi connectivity index (χ1v) is 6.47. The van der Waals surface area contributed by atoms with E-state index in [0.717, 1.165) is 18.9 Å². The van der Waals surface area contributed by atoms with Crippen molar-refractivity contribution in [2.75, 3.05) is 11.1 Å². The van der Waals surface area contributed by atoms with E-state index >= 15 is 0 Å². The number of halogens is 3. The minimum atomic E-state index is -4.41. The molecule has 0 aliphatic heterocycles. The Hall–Kier alpha value is -1.39. The molecule has 0 fully saturated rings. The third-order valence-corrected chi connectivity index (χ3v) is 3.22. The molecule has 3 N–H and O–H groups in total. The average Bonchev–Trinajstić information content (AvgIpc) is 2.29. The van der Waals surface area contributed by atoms with E-state index in [1.807, 2.05) is 6.92 Å². The predicted octanol–water partition coefficient (Wildman–Crippen LogP) is 4.52. The summed E-state index contributed by atoms with van der Waals surface area (Å²) in [5.74, 6) is 0.540. The maximum Gasteiger partial charge on any atom is 0.418 e. The Morgan fingerprint density at radius 2 is 1.89 bits per heavy atom. The molecule has 1 aromatic carbocycles. The van der Waals surface area contributed by atoms with Crippen LogP contribution in [0, 0.1) is 5.92 Å². The minimum absolute atomic E-state index is 0.125. The molecule has 1 aromatic rings. The summed E-state index contributed by atoms with van der Waals surface area (Å²) >= 11 is 0. The minimum Gasteiger partial charge on any atom is -0.398 e. The van der Waals surface area contributed by atoms with Gasteiger partial charge in [0.25, 0.3) is 0 Å². The molecule has 0 aromatic heterocycles. The Labute approximate surface area is 112 Å². The zero-order valence-corrected chi connectivity index (χ0v) is 11.5. The van der Waals surface area contributed by atoms with Crippen LogP contribution < -0.4 is 11.1 Å². The summed E-state index contributed by atoms with van der Waals surface area (Å²) in [5.41, 5.74) is 4.79. The second kappa shape index (κ2) is 6.17. The van der Waals surface area contributed by atoms with Gasteiger partial charge in [0, 0.05) is 17.4 Å². The van der Waals surface area contributed by atoms with Gasteiger partial charge in [-0.3, -0.25) is 0 Å². The molecular weight excluding hydrogens is 253 g/mol. The second-order valence-corrected chi connectivity index (χ2v) is 5.09. The van der Waals surface area contributed by atoms with E-state index in [1.54, 1.807) is 6.07 Å². The van der Waals surface area contributed by atoms with E-state index < -0.39 is 11.7 Å². The molecule has 2 atom stereocenters. The zero-order chi connectivity index (χ0) is 14.6. The molecule has 0 spiro atoms. The van der Waals surface area contributed by atoms with E-state index in [2.05, 4.69) is 19.2 Å². The van der Waals surface area contributed by atoms with Crippen LogP contribution in [0.3, 0.4) is 0 Å². The summed E-state index contributed by atoms with van der Waals surface area (Å²) in [6.45, 7) is 6.19. The third kappa shape index (κ3) is 4.65. The number of nitrogens with two attached hydrogens (primary N) is 1. The predicted molar refractivity (Wildman–Crippen MR) is 73.0 cm³/mol. The average molecular weight is 274 g/mol. The van der Waals surface area contributed by atoms with E-state index in [0.29, 0.717) is 11.6 Å². The Morgan fingerprint density at radius 3 is 2.42 bits per heavy atom. The summed E-state index contributed by atoms with van der Waals surface area (Å²) in [5, 5.41) is 3.09. The molecule has 19 heavy (non-hydrogen) atoms. The quantitative estimate of drug-likeness (QED) is 0.774. The van der Waals surface area contributed by atoms with Crippen LogP contribution in [0.2, 0.25) is 0 Å². The van der Waals surface area contributed by atoms with Gasteiger partial charge < -0.3 is 11.1 Å². The molecule has 0 saturated carbocycles. The van der Waals surface area contributed by atoms with Crippen LogP contribution >= 0.6 is 0 Å². The van der Waals surface area contributed by atoms with Crippen molar-refractivity contribution in [3.05, 3.63) is 23.8 Å². The summed E-state index contributed by atoms with van der Waals surface area (Å²) in [4.78, 5) is 0. The molecule has 5 heteroatoms. The van der Waals surface area contributed by atoms with Crippen LogP contribution in [0.25, 0.3) is 0 Å². The molecular formula is C14H21F3N2. The molecule has 2 unspecified atom stereocenters. The molecule has 0 heterocycles. The smallest absolute Gasteiger partial charge is 0.398 e. The lowest BCUT2D eigenvalue weighted by atomic mass is 10.00. The number of benzene rings is 1. The van der Waals surface area contributed by atoms with Crippen molar-refractivity contribution >= 4 is 11.4 Å². The molecule has 0 aliphatic carbocycles. The van der Waals surface area contributed by atoms with Crippen molar-refractivity contribution in [3.63, 3.8) is 0 Å². The zero-order valence-electron chi connectivity index (χ0n) is 11.5. The van der Waals surface area contributed by atoms with Gasteiger partial charge in [-0.1, -0.05) is 20.3 Å². The first-order chi connectivity index (χ1) is 8.74. The lowest BCUT2D eigenvalue weighted by Crippen LogP contribution is -2.19. The fourth-order valence-electron chi connectivity index (χ4n) is 2.01. The number of hydrogen-bond donors (Lipinski definition) is 2. The number of anilines is 2. The van der Waals surface area contributed by atoms with Gasteiger partial charge in [0.05, 0.1) is 5.56 Å². The SMILES string of the molecule is CCC(C)CC(C)Nc1ccc(N)c(C(F)(F)F)c1. The normalized spacial score (nSPS) is 15.1. The molecule has 0 radical (unpaired) electrons. The van der Waals surface area contributed by atoms with Crippen molar-refractivity contribution in [1.29, 1.82) is 0 Å². The monoisotopic (exact) mass is 274 g/mol. The standard InChI is InChI=1S/C14H21F3N2/c1-4-9(2)7-10(3)19-11-5-6-13(18)12(8-11)14(15,16)17/h5-6,8-10,19H,4,7,18H2,1-3H3. The van der Waals surface area contributed by atoms with Crippen LogP contribution in [0.4, 0.5) is 24.5 Å². The van der Waals surface area contributed by atoms with Crippen molar-refractivity contribution in [3.8, 4) is 0 Å². The third-order valence-electron chi connectivity index (χ3n) is 3.22. The van der Waals surface area contributed by atoms with E-state index in [4.69, 9.17) is 5.73 Å². The summed E-state index contributed by atoms with van der Waals surface area (Å²) in [7, 11) is 0. The van der Waals surface area contributed by atoms with Crippen molar-refractivity contribution in [2.45, 2.75) is 45.8 Å². The number of rotatable bonds is 5. The van der Waals surface area contributed by atoms with Crippen LogP contribution in [-0.2, 0) is 6.18 Å². The number of hydrogen-bond acceptors (Lipinski definition) is 2. The van der Waals surface area contributed by atoms with Crippen LogP contribution in [0.15, 0.2) is 18.2 Å². The van der Waals surface area contributed by atoms with Gasteiger partial charge in [-0.2, -0.15) is 13.2 Å². The van der Waals surface area contributed by atoms with Crippen molar-refractivity contribution in [1.82, 2.24) is 0 Å². The van der Waals surface area contributed by atoms with Crippen molar-refractivity contribution in [2.24, 2.45) is 5.92 Å². The van der Waals surface area contributed by atoms with E-state index in [1.165, 1.54) is 6.07 Å². The Morgan fingerprint density at radius 1 is 1.26 bits per heavy atom. The first kappa shape index (κ1) is 15.7. The van der Waals surface area contributed by atoms with Gasteiger partial charge in [-0.05, 0) is 37.5 Å². The highest BCUT2D eigenvalue weighted by molar-refractivity contribution is 5.58. The highest BCUT2D eigenvalue weighted by Crippen LogP contribution is 2.35. The van der Waals surface area contributed by atoms with Crippen molar-refractivity contribution < 1.29 is 13.2 Å². The molecule has 1 rings (SSSR count). The molecule has 0 amide bonds.